The van der Waals surface area contributed by atoms with Crippen molar-refractivity contribution in [2.24, 2.45) is 5.73 Å². The van der Waals surface area contributed by atoms with Gasteiger partial charge in [-0.2, -0.15) is 0 Å². The fraction of sp³-hybridized carbons (Fsp3) is 0.364. The Bertz CT molecular complexity index is 362. The Balaban J connectivity index is 2.65. The molecule has 0 radical (unpaired) electrons. The van der Waals surface area contributed by atoms with Gasteiger partial charge in [0, 0.05) is 24.6 Å². The predicted molar refractivity (Wildman–Crippen MR) is 56.6 cm³/mol. The van der Waals surface area contributed by atoms with Crippen LogP contribution in [0.2, 0.25) is 0 Å². The van der Waals surface area contributed by atoms with E-state index in [-0.39, 0.29) is 12.0 Å². The minimum absolute atomic E-state index is 0.0213. The molecule has 0 fully saturated rings. The van der Waals surface area contributed by atoms with Crippen molar-refractivity contribution in [1.82, 2.24) is 5.32 Å². The van der Waals surface area contributed by atoms with Gasteiger partial charge >= 0.3 is 0 Å². The molecule has 0 saturated heterocycles. The van der Waals surface area contributed by atoms with E-state index in [0.29, 0.717) is 6.54 Å². The summed E-state index contributed by atoms with van der Waals surface area (Å²) in [6.07, 6.45) is 0.139. The molecule has 1 amide bonds. The van der Waals surface area contributed by atoms with Crippen LogP contribution in [0.15, 0.2) is 18.2 Å². The Morgan fingerprint density at radius 1 is 1.44 bits per heavy atom. The predicted octanol–water partition coefficient (Wildman–Crippen LogP) is 1.49. The minimum Gasteiger partial charge on any atom is -0.370 e. The molecule has 0 heterocycles. The average Bonchev–Trinajstić information content (AvgIpc) is 2.16. The minimum atomic E-state index is -0.598. The topological polar surface area (TPSA) is 55.1 Å². The summed E-state index contributed by atoms with van der Waals surface area (Å²) in [5.41, 5.74) is 4.93. The number of hydrogen-bond donors (Lipinski definition) is 2. The fourth-order valence-electron chi connectivity index (χ4n) is 1.44. The lowest BCUT2D eigenvalue weighted by molar-refractivity contribution is -0.117. The third kappa shape index (κ3) is 3.27. The maximum atomic E-state index is 13.3. The lowest BCUT2D eigenvalue weighted by Gasteiger charge is -2.15. The highest BCUT2D eigenvalue weighted by Gasteiger charge is 2.15. The van der Waals surface area contributed by atoms with E-state index in [2.05, 4.69) is 5.32 Å². The van der Waals surface area contributed by atoms with E-state index in [0.717, 1.165) is 0 Å². The van der Waals surface area contributed by atoms with Crippen LogP contribution in [0.4, 0.5) is 8.78 Å². The van der Waals surface area contributed by atoms with Crippen molar-refractivity contribution in [3.63, 3.8) is 0 Å². The molecule has 0 aromatic heterocycles. The molecule has 5 heteroatoms. The quantitative estimate of drug-likeness (QED) is 0.802. The summed E-state index contributed by atoms with van der Waals surface area (Å²) < 4.78 is 26.6. The highest BCUT2D eigenvalue weighted by molar-refractivity contribution is 5.73. The number of hydrogen-bond acceptors (Lipinski definition) is 2. The van der Waals surface area contributed by atoms with Gasteiger partial charge in [-0.05, 0) is 19.1 Å². The van der Waals surface area contributed by atoms with Gasteiger partial charge in [0.2, 0.25) is 5.91 Å². The molecule has 1 atom stereocenters. The summed E-state index contributed by atoms with van der Waals surface area (Å²) >= 11 is 0. The summed E-state index contributed by atoms with van der Waals surface area (Å²) in [4.78, 5) is 10.5. The number of halogens is 2. The molecule has 3 N–H and O–H groups in total. The van der Waals surface area contributed by atoms with E-state index in [4.69, 9.17) is 5.73 Å². The van der Waals surface area contributed by atoms with Crippen molar-refractivity contribution in [2.75, 3.05) is 6.54 Å². The Hall–Kier alpha value is -1.49. The molecule has 0 aliphatic carbocycles. The molecular weight excluding hydrogens is 214 g/mol. The zero-order valence-corrected chi connectivity index (χ0v) is 8.97. The van der Waals surface area contributed by atoms with Gasteiger partial charge in [0.05, 0.1) is 0 Å². The highest BCUT2D eigenvalue weighted by Crippen LogP contribution is 2.19. The van der Waals surface area contributed by atoms with Crippen LogP contribution in [0.1, 0.15) is 24.9 Å². The number of carbonyl (C=O) groups excluding carboxylic acids is 1. The molecule has 1 rings (SSSR count). The van der Waals surface area contributed by atoms with Gasteiger partial charge in [-0.25, -0.2) is 8.78 Å². The number of carbonyl (C=O) groups is 1. The molecule has 0 saturated carbocycles. The van der Waals surface area contributed by atoms with Crippen LogP contribution in [0.3, 0.4) is 0 Å². The number of nitrogens with two attached hydrogens (primary N) is 1. The molecule has 16 heavy (non-hydrogen) atoms. The Morgan fingerprint density at radius 3 is 2.50 bits per heavy atom. The number of amides is 1. The molecule has 0 aliphatic heterocycles. The van der Waals surface area contributed by atoms with Gasteiger partial charge < -0.3 is 11.1 Å². The van der Waals surface area contributed by atoms with Crippen LogP contribution in [-0.4, -0.2) is 12.5 Å². The maximum absolute atomic E-state index is 13.3. The van der Waals surface area contributed by atoms with Gasteiger partial charge in [-0.1, -0.05) is 6.07 Å². The molecule has 0 aliphatic rings. The first-order valence-electron chi connectivity index (χ1n) is 4.98. The molecular formula is C11H14F2N2O. The van der Waals surface area contributed by atoms with Crippen molar-refractivity contribution in [3.8, 4) is 0 Å². The van der Waals surface area contributed by atoms with E-state index in [1.807, 2.05) is 0 Å². The normalized spacial score (nSPS) is 12.4. The standard InChI is InChI=1S/C11H14F2N2O/c1-7(15-6-5-10(14)16)11-8(12)3-2-4-9(11)13/h2-4,7,15H,5-6H2,1H3,(H2,14,16). The van der Waals surface area contributed by atoms with E-state index in [9.17, 15) is 13.6 Å². The van der Waals surface area contributed by atoms with Crippen molar-refractivity contribution in [3.05, 3.63) is 35.4 Å². The third-order valence-corrected chi connectivity index (χ3v) is 2.25. The Morgan fingerprint density at radius 2 is 2.00 bits per heavy atom. The molecule has 1 aromatic carbocycles. The van der Waals surface area contributed by atoms with Gasteiger partial charge in [0.25, 0.3) is 0 Å². The summed E-state index contributed by atoms with van der Waals surface area (Å²) in [7, 11) is 0. The Labute approximate surface area is 92.6 Å². The lowest BCUT2D eigenvalue weighted by atomic mass is 10.1. The van der Waals surface area contributed by atoms with Crippen LogP contribution in [-0.2, 0) is 4.79 Å². The second-order valence-corrected chi connectivity index (χ2v) is 3.53. The largest absolute Gasteiger partial charge is 0.370 e. The number of nitrogens with one attached hydrogen (secondary N) is 1. The molecule has 88 valence electrons. The van der Waals surface area contributed by atoms with Gasteiger partial charge in [0.15, 0.2) is 0 Å². The summed E-state index contributed by atoms with van der Waals surface area (Å²) in [5.74, 6) is -1.65. The van der Waals surface area contributed by atoms with Crippen molar-refractivity contribution in [1.29, 1.82) is 0 Å². The molecule has 0 bridgehead atoms. The van der Waals surface area contributed by atoms with Crippen LogP contribution in [0.25, 0.3) is 0 Å². The zero-order valence-electron chi connectivity index (χ0n) is 8.97. The smallest absolute Gasteiger partial charge is 0.218 e. The molecule has 3 nitrogen and oxygen atoms in total. The first kappa shape index (κ1) is 12.6. The first-order valence-corrected chi connectivity index (χ1v) is 4.98. The fourth-order valence-corrected chi connectivity index (χ4v) is 1.44. The van der Waals surface area contributed by atoms with Crippen LogP contribution in [0.5, 0.6) is 0 Å². The maximum Gasteiger partial charge on any atom is 0.218 e. The zero-order chi connectivity index (χ0) is 12.1. The van der Waals surface area contributed by atoms with Gasteiger partial charge in [0.1, 0.15) is 11.6 Å². The second-order valence-electron chi connectivity index (χ2n) is 3.53. The monoisotopic (exact) mass is 228 g/mol. The van der Waals surface area contributed by atoms with E-state index >= 15 is 0 Å². The second kappa shape index (κ2) is 5.55. The highest BCUT2D eigenvalue weighted by atomic mass is 19.1. The van der Waals surface area contributed by atoms with Crippen LogP contribution >= 0.6 is 0 Å². The number of rotatable bonds is 5. The molecule has 0 spiro atoms. The summed E-state index contributed by atoms with van der Waals surface area (Å²) in [6.45, 7) is 1.92. The van der Waals surface area contributed by atoms with E-state index in [1.165, 1.54) is 18.2 Å². The Kier molecular flexibility index (Phi) is 4.37. The molecule has 1 aromatic rings. The van der Waals surface area contributed by atoms with Crippen LogP contribution in [0, 0.1) is 11.6 Å². The number of primary amides is 1. The summed E-state index contributed by atoms with van der Waals surface area (Å²) in [5, 5.41) is 2.83. The number of benzene rings is 1. The van der Waals surface area contributed by atoms with Gasteiger partial charge in [-0.15, -0.1) is 0 Å². The van der Waals surface area contributed by atoms with Crippen molar-refractivity contribution in [2.45, 2.75) is 19.4 Å². The van der Waals surface area contributed by atoms with E-state index < -0.39 is 23.6 Å². The first-order chi connectivity index (χ1) is 7.52. The van der Waals surface area contributed by atoms with Gasteiger partial charge in [-0.3, -0.25) is 4.79 Å². The SMILES string of the molecule is CC(NCCC(N)=O)c1c(F)cccc1F. The lowest BCUT2D eigenvalue weighted by Crippen LogP contribution is -2.25. The van der Waals surface area contributed by atoms with Crippen LogP contribution < -0.4 is 11.1 Å². The summed E-state index contributed by atoms with van der Waals surface area (Å²) in [6, 6.07) is 3.21. The van der Waals surface area contributed by atoms with Crippen molar-refractivity contribution < 1.29 is 13.6 Å². The third-order valence-electron chi connectivity index (χ3n) is 2.25. The molecule has 1 unspecified atom stereocenters. The van der Waals surface area contributed by atoms with E-state index in [1.54, 1.807) is 6.92 Å². The average molecular weight is 228 g/mol. The van der Waals surface area contributed by atoms with Crippen molar-refractivity contribution >= 4 is 5.91 Å².